The van der Waals surface area contributed by atoms with Crippen LogP contribution in [0.25, 0.3) is 5.65 Å². The molecule has 1 saturated heterocycles. The summed E-state index contributed by atoms with van der Waals surface area (Å²) in [5.74, 6) is 1.20. The molecule has 0 amide bonds. The Hall–Kier alpha value is -1.66. The van der Waals surface area contributed by atoms with E-state index in [2.05, 4.69) is 38.2 Å². The summed E-state index contributed by atoms with van der Waals surface area (Å²) in [6, 6.07) is 6.47. The largest absolute Gasteiger partial charge is 0.392 e. The summed E-state index contributed by atoms with van der Waals surface area (Å²) < 4.78 is 2.14. The molecule has 6 heteroatoms. The monoisotopic (exact) mass is 303 g/mol. The molecule has 3 heterocycles. The van der Waals surface area contributed by atoms with Gasteiger partial charge in [0.2, 0.25) is 0 Å². The molecule has 1 aliphatic heterocycles. The van der Waals surface area contributed by atoms with Gasteiger partial charge in [-0.25, -0.2) is 4.98 Å². The van der Waals surface area contributed by atoms with Crippen LogP contribution in [0.3, 0.4) is 0 Å². The average molecular weight is 303 g/mol. The fraction of sp³-hybridized carbons (Fsp3) is 0.467. The lowest BCUT2D eigenvalue weighted by atomic mass is 10.1. The lowest BCUT2D eigenvalue weighted by Gasteiger charge is -2.39. The van der Waals surface area contributed by atoms with Crippen molar-refractivity contribution >= 4 is 28.7 Å². The number of piperazine rings is 1. The van der Waals surface area contributed by atoms with Crippen LogP contribution in [0.1, 0.15) is 13.3 Å². The predicted octanol–water partition coefficient (Wildman–Crippen LogP) is 1.52. The van der Waals surface area contributed by atoms with Crippen LogP contribution in [-0.2, 0) is 0 Å². The fourth-order valence-corrected chi connectivity index (χ4v) is 3.41. The number of hydrogen-bond donors (Lipinski definition) is 1. The van der Waals surface area contributed by atoms with Crippen LogP contribution in [-0.4, -0.2) is 51.5 Å². The summed E-state index contributed by atoms with van der Waals surface area (Å²) in [4.78, 5) is 9.76. The summed E-state index contributed by atoms with van der Waals surface area (Å²) in [6.07, 6.45) is 4.84. The Balaban J connectivity index is 1.74. The number of rotatable bonds is 4. The minimum absolute atomic E-state index is 0.228. The van der Waals surface area contributed by atoms with E-state index in [1.165, 1.54) is 5.82 Å². The summed E-state index contributed by atoms with van der Waals surface area (Å²) in [7, 11) is 0. The van der Waals surface area contributed by atoms with E-state index in [9.17, 15) is 0 Å². The zero-order valence-corrected chi connectivity index (χ0v) is 13.1. The van der Waals surface area contributed by atoms with Crippen molar-refractivity contribution in [3.63, 3.8) is 0 Å². The quantitative estimate of drug-likeness (QED) is 0.868. The van der Waals surface area contributed by atoms with Crippen molar-refractivity contribution in [2.24, 2.45) is 5.73 Å². The first kappa shape index (κ1) is 14.3. The van der Waals surface area contributed by atoms with Gasteiger partial charge in [-0.1, -0.05) is 25.2 Å². The maximum absolute atomic E-state index is 5.85. The zero-order chi connectivity index (χ0) is 14.8. The SMILES string of the molecule is CCC(C(N)=S)N1CCN(c2cccc3nccn23)CC1. The number of thiocarbonyl (C=S) groups is 1. The molecule has 0 spiro atoms. The van der Waals surface area contributed by atoms with Crippen LogP contribution in [0.5, 0.6) is 0 Å². The number of imidazole rings is 1. The van der Waals surface area contributed by atoms with Gasteiger partial charge in [-0.3, -0.25) is 9.30 Å². The van der Waals surface area contributed by atoms with E-state index in [-0.39, 0.29) is 6.04 Å². The summed E-state index contributed by atoms with van der Waals surface area (Å²) in [5, 5.41) is 0. The zero-order valence-electron chi connectivity index (χ0n) is 12.3. The highest BCUT2D eigenvalue weighted by molar-refractivity contribution is 7.80. The predicted molar refractivity (Wildman–Crippen MR) is 89.8 cm³/mol. The van der Waals surface area contributed by atoms with E-state index in [0.717, 1.165) is 38.2 Å². The van der Waals surface area contributed by atoms with Crippen LogP contribution in [0.15, 0.2) is 30.6 Å². The van der Waals surface area contributed by atoms with E-state index in [1.807, 2.05) is 18.5 Å². The molecule has 1 atom stereocenters. The Morgan fingerprint density at radius 2 is 2.10 bits per heavy atom. The normalized spacial score (nSPS) is 18.0. The Labute approximate surface area is 130 Å². The number of anilines is 1. The highest BCUT2D eigenvalue weighted by atomic mass is 32.1. The van der Waals surface area contributed by atoms with Crippen molar-refractivity contribution in [3.8, 4) is 0 Å². The number of nitrogens with two attached hydrogens (primary N) is 1. The third-order valence-electron chi connectivity index (χ3n) is 4.20. The maximum atomic E-state index is 5.85. The second kappa shape index (κ2) is 5.99. The first-order valence-corrected chi connectivity index (χ1v) is 7.82. The summed E-state index contributed by atoms with van der Waals surface area (Å²) in [5.41, 5.74) is 6.84. The number of fused-ring (bicyclic) bond motifs is 1. The number of pyridine rings is 1. The molecule has 1 aliphatic rings. The molecule has 1 unspecified atom stereocenters. The smallest absolute Gasteiger partial charge is 0.138 e. The van der Waals surface area contributed by atoms with E-state index >= 15 is 0 Å². The molecule has 0 radical (unpaired) electrons. The van der Waals surface area contributed by atoms with Crippen LogP contribution < -0.4 is 10.6 Å². The van der Waals surface area contributed by atoms with Crippen molar-refractivity contribution in [1.29, 1.82) is 0 Å². The van der Waals surface area contributed by atoms with Crippen molar-refractivity contribution in [3.05, 3.63) is 30.6 Å². The van der Waals surface area contributed by atoms with Gasteiger partial charge in [0.15, 0.2) is 0 Å². The molecule has 2 N–H and O–H groups in total. The van der Waals surface area contributed by atoms with Gasteiger partial charge in [0.05, 0.1) is 11.0 Å². The first-order valence-electron chi connectivity index (χ1n) is 7.41. The lowest BCUT2D eigenvalue weighted by Crippen LogP contribution is -2.53. The Morgan fingerprint density at radius 3 is 2.76 bits per heavy atom. The highest BCUT2D eigenvalue weighted by Gasteiger charge is 2.25. The Morgan fingerprint density at radius 1 is 1.33 bits per heavy atom. The third-order valence-corrected chi connectivity index (χ3v) is 4.47. The van der Waals surface area contributed by atoms with Crippen molar-refractivity contribution in [2.45, 2.75) is 19.4 Å². The second-order valence-corrected chi connectivity index (χ2v) is 5.86. The maximum Gasteiger partial charge on any atom is 0.138 e. The number of nitrogens with zero attached hydrogens (tertiary/aromatic N) is 4. The molecule has 21 heavy (non-hydrogen) atoms. The van der Waals surface area contributed by atoms with Gasteiger partial charge in [0.25, 0.3) is 0 Å². The number of hydrogen-bond acceptors (Lipinski definition) is 4. The fourth-order valence-electron chi connectivity index (χ4n) is 3.09. The van der Waals surface area contributed by atoms with E-state index in [1.54, 1.807) is 0 Å². The van der Waals surface area contributed by atoms with Gasteiger partial charge in [0, 0.05) is 38.6 Å². The van der Waals surface area contributed by atoms with Gasteiger partial charge < -0.3 is 10.6 Å². The van der Waals surface area contributed by atoms with Crippen LogP contribution in [0, 0.1) is 0 Å². The third kappa shape index (κ3) is 2.73. The molecule has 112 valence electrons. The molecular weight excluding hydrogens is 282 g/mol. The molecular formula is C15H21N5S. The lowest BCUT2D eigenvalue weighted by molar-refractivity contribution is 0.224. The first-order chi connectivity index (χ1) is 10.2. The average Bonchev–Trinajstić information content (AvgIpc) is 2.97. The minimum Gasteiger partial charge on any atom is -0.392 e. The topological polar surface area (TPSA) is 49.8 Å². The Bertz CT molecular complexity index is 630. The van der Waals surface area contributed by atoms with Crippen LogP contribution in [0.2, 0.25) is 0 Å². The van der Waals surface area contributed by atoms with Crippen molar-refractivity contribution in [2.75, 3.05) is 31.1 Å². The van der Waals surface area contributed by atoms with Crippen molar-refractivity contribution in [1.82, 2.24) is 14.3 Å². The molecule has 1 fully saturated rings. The molecule has 0 aromatic carbocycles. The van der Waals surface area contributed by atoms with E-state index < -0.39 is 0 Å². The second-order valence-electron chi connectivity index (χ2n) is 5.39. The molecule has 3 rings (SSSR count). The molecule has 0 aliphatic carbocycles. The number of aromatic nitrogens is 2. The van der Waals surface area contributed by atoms with Gasteiger partial charge in [-0.05, 0) is 18.6 Å². The molecule has 0 saturated carbocycles. The summed E-state index contributed by atoms with van der Waals surface area (Å²) >= 11 is 5.18. The van der Waals surface area contributed by atoms with E-state index in [0.29, 0.717) is 4.99 Å². The molecule has 2 aromatic heterocycles. The highest BCUT2D eigenvalue weighted by Crippen LogP contribution is 2.19. The van der Waals surface area contributed by atoms with Gasteiger partial charge in [-0.15, -0.1) is 0 Å². The van der Waals surface area contributed by atoms with Gasteiger partial charge >= 0.3 is 0 Å². The Kier molecular flexibility index (Phi) is 4.07. The summed E-state index contributed by atoms with van der Waals surface area (Å²) in [6.45, 7) is 6.08. The van der Waals surface area contributed by atoms with Gasteiger partial charge in [-0.2, -0.15) is 0 Å². The standard InChI is InChI=1S/C15H21N5S/c1-2-12(15(16)21)18-8-10-19(11-9-18)14-5-3-4-13-17-6-7-20(13)14/h3-7,12H,2,8-11H2,1H3,(H2,16,21). The molecule has 0 bridgehead atoms. The van der Waals surface area contributed by atoms with Crippen LogP contribution >= 0.6 is 12.2 Å². The van der Waals surface area contributed by atoms with Crippen molar-refractivity contribution < 1.29 is 0 Å². The van der Waals surface area contributed by atoms with Gasteiger partial charge in [0.1, 0.15) is 11.5 Å². The minimum atomic E-state index is 0.228. The van der Waals surface area contributed by atoms with E-state index in [4.69, 9.17) is 18.0 Å². The molecule has 5 nitrogen and oxygen atoms in total. The molecule has 2 aromatic rings. The van der Waals surface area contributed by atoms with Crippen LogP contribution in [0.4, 0.5) is 5.82 Å².